The van der Waals surface area contributed by atoms with Gasteiger partial charge in [0, 0.05) is 32.1 Å². The first-order chi connectivity index (χ1) is 11.6. The van der Waals surface area contributed by atoms with E-state index in [0.717, 1.165) is 32.4 Å². The molecule has 1 aromatic carbocycles. The molecule has 0 unspecified atom stereocenters. The summed E-state index contributed by atoms with van der Waals surface area (Å²) < 4.78 is 38.0. The molecule has 1 amide bonds. The molecule has 0 aromatic heterocycles. The minimum atomic E-state index is -3.68. The molecule has 1 fully saturated rings. The normalized spacial score (nSPS) is 17.6. The molecule has 132 valence electrons. The molecule has 24 heavy (non-hydrogen) atoms. The average Bonchev–Trinajstić information content (AvgIpc) is 2.62. The number of hydrogen-bond donors (Lipinski definition) is 1. The van der Waals surface area contributed by atoms with Gasteiger partial charge in [-0.3, -0.25) is 4.79 Å². The highest BCUT2D eigenvalue weighted by Crippen LogP contribution is 2.32. The predicted molar refractivity (Wildman–Crippen MR) is 87.7 cm³/mol. The lowest BCUT2D eigenvalue weighted by molar-refractivity contribution is -0.131. The molecule has 2 aliphatic rings. The van der Waals surface area contributed by atoms with Gasteiger partial charge in [-0.1, -0.05) is 0 Å². The first-order valence-corrected chi connectivity index (χ1v) is 9.72. The molecule has 8 heteroatoms. The summed E-state index contributed by atoms with van der Waals surface area (Å²) in [7, 11) is -3.68. The van der Waals surface area contributed by atoms with Gasteiger partial charge in [-0.2, -0.15) is 0 Å². The highest BCUT2D eigenvalue weighted by Gasteiger charge is 2.21. The molecule has 1 aromatic rings. The second-order valence-corrected chi connectivity index (χ2v) is 7.66. The van der Waals surface area contributed by atoms with Crippen LogP contribution in [0.15, 0.2) is 23.1 Å². The van der Waals surface area contributed by atoms with E-state index in [9.17, 15) is 13.2 Å². The number of carbonyl (C=O) groups excluding carboxylic acids is 1. The van der Waals surface area contributed by atoms with E-state index >= 15 is 0 Å². The van der Waals surface area contributed by atoms with Crippen molar-refractivity contribution in [1.29, 1.82) is 0 Å². The summed E-state index contributed by atoms with van der Waals surface area (Å²) in [5.41, 5.74) is 0. The monoisotopic (exact) mass is 354 g/mol. The maximum absolute atomic E-state index is 12.3. The van der Waals surface area contributed by atoms with Crippen LogP contribution in [-0.2, 0) is 14.8 Å². The van der Waals surface area contributed by atoms with Crippen LogP contribution in [-0.4, -0.2) is 52.1 Å². The quantitative estimate of drug-likeness (QED) is 0.857. The Morgan fingerprint density at radius 1 is 1.08 bits per heavy atom. The van der Waals surface area contributed by atoms with Crippen LogP contribution in [0.5, 0.6) is 11.5 Å². The number of hydrogen-bond acceptors (Lipinski definition) is 5. The van der Waals surface area contributed by atoms with Gasteiger partial charge in [0.25, 0.3) is 0 Å². The predicted octanol–water partition coefficient (Wildman–Crippen LogP) is 1.14. The van der Waals surface area contributed by atoms with Crippen molar-refractivity contribution < 1.29 is 22.7 Å². The molecule has 0 saturated carbocycles. The van der Waals surface area contributed by atoms with Gasteiger partial charge in [0.15, 0.2) is 11.5 Å². The zero-order chi connectivity index (χ0) is 17.0. The molecule has 1 N–H and O–H groups in total. The summed E-state index contributed by atoms with van der Waals surface area (Å²) in [4.78, 5) is 14.0. The van der Waals surface area contributed by atoms with Crippen LogP contribution in [0.1, 0.15) is 25.7 Å². The number of amides is 1. The Bertz CT molecular complexity index is 698. The number of carbonyl (C=O) groups is 1. The van der Waals surface area contributed by atoms with Crippen molar-refractivity contribution in [3.8, 4) is 11.5 Å². The third-order valence-electron chi connectivity index (χ3n) is 4.16. The Kier molecular flexibility index (Phi) is 5.25. The minimum absolute atomic E-state index is 0.000394. The van der Waals surface area contributed by atoms with Gasteiger partial charge in [0.1, 0.15) is 13.2 Å². The van der Waals surface area contributed by atoms with E-state index in [1.54, 1.807) is 6.07 Å². The first kappa shape index (κ1) is 17.0. The summed E-state index contributed by atoms with van der Waals surface area (Å²) in [5, 5.41) is 0. The fourth-order valence-corrected chi connectivity index (χ4v) is 3.91. The van der Waals surface area contributed by atoms with Crippen LogP contribution < -0.4 is 14.2 Å². The fourth-order valence-electron chi connectivity index (χ4n) is 2.87. The molecule has 0 radical (unpaired) electrons. The minimum Gasteiger partial charge on any atom is -0.486 e. The molecule has 2 aliphatic heterocycles. The summed E-state index contributed by atoms with van der Waals surface area (Å²) in [6.07, 6.45) is 3.37. The smallest absolute Gasteiger partial charge is 0.240 e. The van der Waals surface area contributed by atoms with Crippen molar-refractivity contribution in [3.05, 3.63) is 18.2 Å². The second kappa shape index (κ2) is 7.40. The number of likely N-dealkylation sites (tertiary alicyclic amines) is 1. The molecule has 1 saturated heterocycles. The van der Waals surface area contributed by atoms with Crippen LogP contribution >= 0.6 is 0 Å². The Balaban J connectivity index is 1.56. The van der Waals surface area contributed by atoms with Crippen LogP contribution in [0.4, 0.5) is 0 Å². The van der Waals surface area contributed by atoms with Gasteiger partial charge in [0.2, 0.25) is 15.9 Å². The lowest BCUT2D eigenvalue weighted by Crippen LogP contribution is -2.37. The number of benzene rings is 1. The van der Waals surface area contributed by atoms with Crippen LogP contribution in [0, 0.1) is 0 Å². The first-order valence-electron chi connectivity index (χ1n) is 8.23. The highest BCUT2D eigenvalue weighted by atomic mass is 32.2. The Hall–Kier alpha value is -1.80. The molecule has 0 spiro atoms. The van der Waals surface area contributed by atoms with E-state index in [1.165, 1.54) is 12.1 Å². The maximum Gasteiger partial charge on any atom is 0.240 e. The summed E-state index contributed by atoms with van der Waals surface area (Å²) in [6.45, 7) is 2.48. The van der Waals surface area contributed by atoms with Crippen molar-refractivity contribution in [2.45, 2.75) is 30.6 Å². The number of ether oxygens (including phenoxy) is 2. The van der Waals surface area contributed by atoms with E-state index in [0.29, 0.717) is 24.7 Å². The highest BCUT2D eigenvalue weighted by molar-refractivity contribution is 7.89. The lowest BCUT2D eigenvalue weighted by Gasteiger charge is -2.26. The third kappa shape index (κ3) is 3.99. The Labute approximate surface area is 142 Å². The van der Waals surface area contributed by atoms with Crippen molar-refractivity contribution in [1.82, 2.24) is 9.62 Å². The average molecular weight is 354 g/mol. The van der Waals surface area contributed by atoms with Crippen molar-refractivity contribution in [2.24, 2.45) is 0 Å². The van der Waals surface area contributed by atoms with E-state index in [1.807, 2.05) is 4.90 Å². The van der Waals surface area contributed by atoms with Gasteiger partial charge >= 0.3 is 0 Å². The molecule has 0 bridgehead atoms. The number of sulfonamides is 1. The zero-order valence-electron chi connectivity index (χ0n) is 13.5. The second-order valence-electron chi connectivity index (χ2n) is 5.89. The lowest BCUT2D eigenvalue weighted by atomic mass is 10.1. The van der Waals surface area contributed by atoms with Crippen LogP contribution in [0.25, 0.3) is 0 Å². The molecule has 0 atom stereocenters. The van der Waals surface area contributed by atoms with Crippen molar-refractivity contribution in [3.63, 3.8) is 0 Å². The van der Waals surface area contributed by atoms with Gasteiger partial charge in [-0.15, -0.1) is 0 Å². The summed E-state index contributed by atoms with van der Waals surface area (Å²) in [5.74, 6) is 0.966. The van der Waals surface area contributed by atoms with E-state index in [2.05, 4.69) is 4.72 Å². The van der Waals surface area contributed by atoms with Gasteiger partial charge in [0.05, 0.1) is 4.90 Å². The largest absolute Gasteiger partial charge is 0.486 e. The number of nitrogens with one attached hydrogen (secondary N) is 1. The van der Waals surface area contributed by atoms with E-state index in [4.69, 9.17) is 9.47 Å². The Morgan fingerprint density at radius 2 is 1.79 bits per heavy atom. The maximum atomic E-state index is 12.3. The number of nitrogens with zero attached hydrogens (tertiary/aromatic N) is 1. The molecular formula is C16H22N2O5S. The van der Waals surface area contributed by atoms with Gasteiger partial charge in [-0.05, 0) is 31.4 Å². The summed E-state index contributed by atoms with van der Waals surface area (Å²) in [6, 6.07) is 4.51. The van der Waals surface area contributed by atoms with Crippen molar-refractivity contribution >= 4 is 15.9 Å². The van der Waals surface area contributed by atoms with E-state index < -0.39 is 10.0 Å². The number of rotatable bonds is 5. The van der Waals surface area contributed by atoms with Crippen LogP contribution in [0.3, 0.4) is 0 Å². The van der Waals surface area contributed by atoms with Crippen molar-refractivity contribution in [2.75, 3.05) is 32.8 Å². The Morgan fingerprint density at radius 3 is 2.54 bits per heavy atom. The van der Waals surface area contributed by atoms with Gasteiger partial charge < -0.3 is 14.4 Å². The van der Waals surface area contributed by atoms with Gasteiger partial charge in [-0.25, -0.2) is 13.1 Å². The topological polar surface area (TPSA) is 84.9 Å². The number of fused-ring (bicyclic) bond motifs is 1. The third-order valence-corrected chi connectivity index (χ3v) is 5.62. The molecule has 2 heterocycles. The SMILES string of the molecule is O=C(CCNS(=O)(=O)c1ccc2c(c1)OCCO2)N1CCCCC1. The standard InChI is InChI=1S/C16H22N2O5S/c19-16(18-8-2-1-3-9-18)6-7-17-24(20,21)13-4-5-14-15(12-13)23-11-10-22-14/h4-5,12,17H,1-3,6-11H2. The molecule has 0 aliphatic carbocycles. The fraction of sp³-hybridized carbons (Fsp3) is 0.562. The number of piperidine rings is 1. The molecule has 7 nitrogen and oxygen atoms in total. The van der Waals surface area contributed by atoms with Crippen LogP contribution in [0.2, 0.25) is 0 Å². The summed E-state index contributed by atoms with van der Waals surface area (Å²) >= 11 is 0. The zero-order valence-corrected chi connectivity index (χ0v) is 14.3. The van der Waals surface area contributed by atoms with E-state index in [-0.39, 0.29) is 23.8 Å². The molecular weight excluding hydrogens is 332 g/mol. The molecule has 3 rings (SSSR count).